The summed E-state index contributed by atoms with van der Waals surface area (Å²) < 4.78 is 1.05. The number of carboxylic acids is 1. The van der Waals surface area contributed by atoms with Gasteiger partial charge in [-0.15, -0.1) is 0 Å². The topological polar surface area (TPSA) is 53.4 Å². The molecule has 24 heavy (non-hydrogen) atoms. The van der Waals surface area contributed by atoms with E-state index in [9.17, 15) is 9.90 Å². The lowest BCUT2D eigenvalue weighted by molar-refractivity contribution is -0.143. The Morgan fingerprint density at radius 2 is 2.12 bits per heavy atom. The van der Waals surface area contributed by atoms with Crippen LogP contribution in [0.3, 0.4) is 0 Å². The van der Waals surface area contributed by atoms with Gasteiger partial charge in [-0.1, -0.05) is 34.1 Å². The molecule has 1 aromatic heterocycles. The standard InChI is InChI=1S/C19H21BrN2O2/c1-13-11-21-9-8-15(13)18(16-6-2-3-7-17(16)20)22-10-4-5-14(12-22)19(23)24/h2-3,6-9,11,14,18H,4-5,10,12H2,1H3,(H,23,24). The van der Waals surface area contributed by atoms with Crippen molar-refractivity contribution >= 4 is 21.9 Å². The molecule has 2 aromatic rings. The Labute approximate surface area is 150 Å². The van der Waals surface area contributed by atoms with E-state index in [0.717, 1.165) is 35.0 Å². The molecule has 126 valence electrons. The fourth-order valence-electron chi connectivity index (χ4n) is 3.49. The van der Waals surface area contributed by atoms with Crippen LogP contribution in [0.4, 0.5) is 0 Å². The number of aromatic nitrogens is 1. The minimum atomic E-state index is -0.697. The quantitative estimate of drug-likeness (QED) is 0.858. The molecule has 0 saturated carbocycles. The first-order valence-corrected chi connectivity index (χ1v) is 8.99. The molecule has 1 fully saturated rings. The van der Waals surface area contributed by atoms with E-state index in [-0.39, 0.29) is 12.0 Å². The third kappa shape index (κ3) is 3.52. The number of aryl methyl sites for hydroxylation is 1. The molecular formula is C19H21BrN2O2. The third-order valence-corrected chi connectivity index (χ3v) is 5.45. The number of hydrogen-bond acceptors (Lipinski definition) is 3. The van der Waals surface area contributed by atoms with E-state index in [0.29, 0.717) is 6.54 Å². The Bertz CT molecular complexity index is 689. The van der Waals surface area contributed by atoms with Gasteiger partial charge in [0, 0.05) is 23.4 Å². The van der Waals surface area contributed by atoms with Gasteiger partial charge in [0.2, 0.25) is 0 Å². The van der Waals surface area contributed by atoms with Crippen LogP contribution in [0.2, 0.25) is 0 Å². The molecule has 1 aromatic carbocycles. The van der Waals surface area contributed by atoms with Crippen molar-refractivity contribution in [3.05, 3.63) is 63.9 Å². The molecule has 1 saturated heterocycles. The summed E-state index contributed by atoms with van der Waals surface area (Å²) in [6, 6.07) is 10.3. The monoisotopic (exact) mass is 388 g/mol. The molecule has 3 rings (SSSR count). The zero-order valence-electron chi connectivity index (χ0n) is 13.7. The third-order valence-electron chi connectivity index (χ3n) is 4.73. The fourth-order valence-corrected chi connectivity index (χ4v) is 3.99. The Kier molecular flexibility index (Phi) is 5.31. The molecule has 0 aliphatic carbocycles. The summed E-state index contributed by atoms with van der Waals surface area (Å²) in [5.41, 5.74) is 3.47. The number of carboxylic acid groups (broad SMARTS) is 1. The summed E-state index contributed by atoms with van der Waals surface area (Å²) in [6.07, 6.45) is 5.34. The zero-order chi connectivity index (χ0) is 17.1. The molecule has 1 N–H and O–H groups in total. The molecule has 2 unspecified atom stereocenters. The Balaban J connectivity index is 2.04. The number of aliphatic carboxylic acids is 1. The minimum Gasteiger partial charge on any atom is -0.481 e. The number of likely N-dealkylation sites (tertiary alicyclic amines) is 1. The lowest BCUT2D eigenvalue weighted by atomic mass is 9.90. The van der Waals surface area contributed by atoms with E-state index in [2.05, 4.69) is 38.8 Å². The van der Waals surface area contributed by atoms with Gasteiger partial charge >= 0.3 is 5.97 Å². The average molecular weight is 389 g/mol. The number of nitrogens with zero attached hydrogens (tertiary/aromatic N) is 2. The van der Waals surface area contributed by atoms with Crippen LogP contribution in [-0.4, -0.2) is 34.0 Å². The lowest BCUT2D eigenvalue weighted by Crippen LogP contribution is -2.41. The van der Waals surface area contributed by atoms with Crippen LogP contribution in [-0.2, 0) is 4.79 Å². The van der Waals surface area contributed by atoms with Gasteiger partial charge in [-0.05, 0) is 55.1 Å². The van der Waals surface area contributed by atoms with E-state index in [1.807, 2.05) is 36.7 Å². The van der Waals surface area contributed by atoms with Crippen molar-refractivity contribution in [2.45, 2.75) is 25.8 Å². The Morgan fingerprint density at radius 1 is 1.33 bits per heavy atom. The molecule has 0 bridgehead atoms. The fraction of sp³-hybridized carbons (Fsp3) is 0.368. The van der Waals surface area contributed by atoms with E-state index in [4.69, 9.17) is 0 Å². The SMILES string of the molecule is Cc1cnccc1C(c1ccccc1Br)N1CCCC(C(=O)O)C1. The van der Waals surface area contributed by atoms with Crippen molar-refractivity contribution in [1.82, 2.24) is 9.88 Å². The Morgan fingerprint density at radius 3 is 2.83 bits per heavy atom. The van der Waals surface area contributed by atoms with Crippen LogP contribution in [0.1, 0.15) is 35.6 Å². The highest BCUT2D eigenvalue weighted by Crippen LogP contribution is 2.37. The van der Waals surface area contributed by atoms with Crippen molar-refractivity contribution in [2.24, 2.45) is 5.92 Å². The molecule has 5 heteroatoms. The smallest absolute Gasteiger partial charge is 0.307 e. The highest BCUT2D eigenvalue weighted by Gasteiger charge is 2.32. The van der Waals surface area contributed by atoms with Crippen molar-refractivity contribution in [2.75, 3.05) is 13.1 Å². The van der Waals surface area contributed by atoms with Crippen molar-refractivity contribution in [3.63, 3.8) is 0 Å². The largest absolute Gasteiger partial charge is 0.481 e. The van der Waals surface area contributed by atoms with Crippen molar-refractivity contribution in [1.29, 1.82) is 0 Å². The number of carbonyl (C=O) groups is 1. The molecule has 0 radical (unpaired) electrons. The van der Waals surface area contributed by atoms with Gasteiger partial charge in [0.15, 0.2) is 0 Å². The average Bonchev–Trinajstić information content (AvgIpc) is 2.59. The summed E-state index contributed by atoms with van der Waals surface area (Å²) in [4.78, 5) is 18.0. The van der Waals surface area contributed by atoms with Gasteiger partial charge in [-0.25, -0.2) is 0 Å². The Hall–Kier alpha value is -1.72. The normalized spacial score (nSPS) is 19.8. The number of benzene rings is 1. The molecule has 1 aliphatic heterocycles. The van der Waals surface area contributed by atoms with E-state index >= 15 is 0 Å². The van der Waals surface area contributed by atoms with Crippen LogP contribution in [0, 0.1) is 12.8 Å². The molecular weight excluding hydrogens is 368 g/mol. The van der Waals surface area contributed by atoms with E-state index < -0.39 is 5.97 Å². The first-order valence-electron chi connectivity index (χ1n) is 8.19. The summed E-state index contributed by atoms with van der Waals surface area (Å²) in [7, 11) is 0. The zero-order valence-corrected chi connectivity index (χ0v) is 15.2. The first kappa shape index (κ1) is 17.1. The van der Waals surface area contributed by atoms with Crippen LogP contribution in [0.25, 0.3) is 0 Å². The van der Waals surface area contributed by atoms with Crippen LogP contribution in [0.15, 0.2) is 47.2 Å². The second kappa shape index (κ2) is 7.45. The highest BCUT2D eigenvalue weighted by atomic mass is 79.9. The predicted octanol–water partition coefficient (Wildman–Crippen LogP) is 4.04. The van der Waals surface area contributed by atoms with Gasteiger partial charge in [-0.2, -0.15) is 0 Å². The molecule has 1 aliphatic rings. The maximum atomic E-state index is 11.5. The van der Waals surface area contributed by atoms with Gasteiger partial charge in [-0.3, -0.25) is 14.7 Å². The van der Waals surface area contributed by atoms with Gasteiger partial charge in [0.05, 0.1) is 12.0 Å². The molecule has 4 nitrogen and oxygen atoms in total. The van der Waals surface area contributed by atoms with Crippen LogP contribution >= 0.6 is 15.9 Å². The molecule has 2 heterocycles. The van der Waals surface area contributed by atoms with E-state index in [1.165, 1.54) is 5.56 Å². The second-order valence-electron chi connectivity index (χ2n) is 6.33. The number of piperidine rings is 1. The second-order valence-corrected chi connectivity index (χ2v) is 7.18. The minimum absolute atomic E-state index is 0.0331. The number of halogens is 1. The van der Waals surface area contributed by atoms with Crippen LogP contribution < -0.4 is 0 Å². The summed E-state index contributed by atoms with van der Waals surface area (Å²) in [5, 5.41) is 9.44. The first-order chi connectivity index (χ1) is 11.6. The number of rotatable bonds is 4. The van der Waals surface area contributed by atoms with Crippen LogP contribution in [0.5, 0.6) is 0 Å². The summed E-state index contributed by atoms with van der Waals surface area (Å²) >= 11 is 3.67. The molecule has 2 atom stereocenters. The van der Waals surface area contributed by atoms with Crippen molar-refractivity contribution < 1.29 is 9.90 Å². The van der Waals surface area contributed by atoms with Gasteiger partial charge < -0.3 is 5.11 Å². The highest BCUT2D eigenvalue weighted by molar-refractivity contribution is 9.10. The maximum Gasteiger partial charge on any atom is 0.307 e. The predicted molar refractivity (Wildman–Crippen MR) is 96.9 cm³/mol. The van der Waals surface area contributed by atoms with Gasteiger partial charge in [0.1, 0.15) is 0 Å². The van der Waals surface area contributed by atoms with Gasteiger partial charge in [0.25, 0.3) is 0 Å². The maximum absolute atomic E-state index is 11.5. The summed E-state index contributed by atoms with van der Waals surface area (Å²) in [5.74, 6) is -0.997. The lowest BCUT2D eigenvalue weighted by Gasteiger charge is -2.38. The molecule has 0 amide bonds. The van der Waals surface area contributed by atoms with Crippen molar-refractivity contribution in [3.8, 4) is 0 Å². The number of pyridine rings is 1. The summed E-state index contributed by atoms with van der Waals surface area (Å²) in [6.45, 7) is 3.53. The van der Waals surface area contributed by atoms with E-state index in [1.54, 1.807) is 0 Å². The molecule has 0 spiro atoms. The number of hydrogen-bond donors (Lipinski definition) is 1.